The van der Waals surface area contributed by atoms with Gasteiger partial charge in [0.2, 0.25) is 0 Å². The summed E-state index contributed by atoms with van der Waals surface area (Å²) in [5.74, 6) is 3.21. The van der Waals surface area contributed by atoms with Crippen LogP contribution in [0.2, 0.25) is 24.8 Å². The molecule has 2 rings (SSSR count). The monoisotopic (exact) mass is 266 g/mol. The largest absolute Gasteiger partial charge is 0.235 e. The molecule has 0 aliphatic rings. The zero-order chi connectivity index (χ0) is 11.8. The molecule has 2 aromatic rings. The van der Waals surface area contributed by atoms with E-state index in [2.05, 4.69) is 41.1 Å². The van der Waals surface area contributed by atoms with Gasteiger partial charge in [0.15, 0.2) is 0 Å². The van der Waals surface area contributed by atoms with Gasteiger partial charge >= 0.3 is 0 Å². The van der Waals surface area contributed by atoms with Crippen LogP contribution in [0, 0.1) is 11.5 Å². The van der Waals surface area contributed by atoms with Crippen LogP contribution in [0.1, 0.15) is 4.88 Å². The maximum Gasteiger partial charge on any atom is 0.150 e. The van der Waals surface area contributed by atoms with Gasteiger partial charge in [-0.25, -0.2) is 9.97 Å². The van der Waals surface area contributed by atoms with Crippen LogP contribution in [-0.4, -0.2) is 18.0 Å². The van der Waals surface area contributed by atoms with Crippen LogP contribution in [0.25, 0.3) is 10.2 Å². The molecule has 0 aliphatic carbocycles. The van der Waals surface area contributed by atoms with E-state index >= 15 is 0 Å². The average Bonchev–Trinajstić information content (AvgIpc) is 2.58. The number of rotatable bonds is 0. The third-order valence-electron chi connectivity index (χ3n) is 1.83. The van der Waals surface area contributed by atoms with E-state index in [0.29, 0.717) is 5.15 Å². The van der Waals surface area contributed by atoms with Crippen molar-refractivity contribution in [1.29, 1.82) is 0 Å². The van der Waals surface area contributed by atoms with Gasteiger partial charge in [0, 0.05) is 0 Å². The molecule has 0 unspecified atom stereocenters. The molecule has 2 heterocycles. The Hall–Kier alpha value is -0.893. The molecule has 0 fully saturated rings. The SMILES string of the molecule is C[Si](C)(C)C#Cc1cc2ncnc(Cl)c2s1. The summed E-state index contributed by atoms with van der Waals surface area (Å²) in [6.07, 6.45) is 1.48. The van der Waals surface area contributed by atoms with E-state index in [1.807, 2.05) is 6.07 Å². The molecule has 0 atom stereocenters. The van der Waals surface area contributed by atoms with E-state index < -0.39 is 8.07 Å². The van der Waals surface area contributed by atoms with Gasteiger partial charge in [-0.2, -0.15) is 0 Å². The van der Waals surface area contributed by atoms with Crippen molar-refractivity contribution in [2.75, 3.05) is 0 Å². The number of hydrogen-bond donors (Lipinski definition) is 0. The minimum atomic E-state index is -1.33. The lowest BCUT2D eigenvalue weighted by Gasteiger charge is -2.02. The topological polar surface area (TPSA) is 25.8 Å². The Morgan fingerprint density at radius 3 is 2.69 bits per heavy atom. The van der Waals surface area contributed by atoms with Crippen LogP contribution in [0.5, 0.6) is 0 Å². The van der Waals surface area contributed by atoms with Gasteiger partial charge in [-0.15, -0.1) is 16.9 Å². The first-order valence-corrected chi connectivity index (χ1v) is 9.58. The predicted molar refractivity (Wildman–Crippen MR) is 72.6 cm³/mol. The molecule has 0 aliphatic heterocycles. The van der Waals surface area contributed by atoms with Crippen molar-refractivity contribution in [3.05, 3.63) is 22.4 Å². The van der Waals surface area contributed by atoms with Crippen LogP contribution in [0.3, 0.4) is 0 Å². The number of fused-ring (bicyclic) bond motifs is 1. The zero-order valence-corrected chi connectivity index (χ0v) is 11.9. The fourth-order valence-corrected chi connectivity index (χ4v) is 2.84. The second-order valence-corrected chi connectivity index (χ2v) is 10.6. The van der Waals surface area contributed by atoms with Gasteiger partial charge < -0.3 is 0 Å². The lowest BCUT2D eigenvalue weighted by Crippen LogP contribution is -2.16. The molecule has 0 saturated heterocycles. The molecule has 82 valence electrons. The highest BCUT2D eigenvalue weighted by atomic mass is 35.5. The van der Waals surface area contributed by atoms with Crippen molar-refractivity contribution in [3.8, 4) is 11.5 Å². The molecule has 16 heavy (non-hydrogen) atoms. The summed E-state index contributed by atoms with van der Waals surface area (Å²) in [6.45, 7) is 6.67. The Labute approximate surface area is 105 Å². The number of nitrogens with zero attached hydrogens (tertiary/aromatic N) is 2. The van der Waals surface area contributed by atoms with Crippen LogP contribution >= 0.6 is 22.9 Å². The van der Waals surface area contributed by atoms with Gasteiger partial charge in [0.1, 0.15) is 19.6 Å². The number of aromatic nitrogens is 2. The van der Waals surface area contributed by atoms with Crippen molar-refractivity contribution >= 4 is 41.2 Å². The van der Waals surface area contributed by atoms with Crippen molar-refractivity contribution in [3.63, 3.8) is 0 Å². The van der Waals surface area contributed by atoms with Crippen LogP contribution in [0.4, 0.5) is 0 Å². The zero-order valence-electron chi connectivity index (χ0n) is 9.34. The van der Waals surface area contributed by atoms with Crippen molar-refractivity contribution in [2.45, 2.75) is 19.6 Å². The van der Waals surface area contributed by atoms with Gasteiger partial charge in [-0.05, 0) is 6.07 Å². The molecule has 0 N–H and O–H groups in total. The predicted octanol–water partition coefficient (Wildman–Crippen LogP) is 3.57. The van der Waals surface area contributed by atoms with Gasteiger partial charge in [0.05, 0.1) is 15.1 Å². The fraction of sp³-hybridized carbons (Fsp3) is 0.273. The van der Waals surface area contributed by atoms with Gasteiger partial charge in [0.25, 0.3) is 0 Å². The van der Waals surface area contributed by atoms with E-state index in [0.717, 1.165) is 15.1 Å². The van der Waals surface area contributed by atoms with Gasteiger partial charge in [-0.3, -0.25) is 0 Å². The molecule has 0 aromatic carbocycles. The summed E-state index contributed by atoms with van der Waals surface area (Å²) < 4.78 is 0.920. The Bertz CT molecular complexity index is 589. The highest BCUT2D eigenvalue weighted by Crippen LogP contribution is 2.28. The average molecular weight is 267 g/mol. The fourth-order valence-electron chi connectivity index (χ4n) is 1.14. The number of thiophene rings is 1. The normalized spacial score (nSPS) is 11.2. The van der Waals surface area contributed by atoms with Crippen LogP contribution in [-0.2, 0) is 0 Å². The Morgan fingerprint density at radius 2 is 2.06 bits per heavy atom. The molecule has 0 spiro atoms. The van der Waals surface area contributed by atoms with Crippen LogP contribution < -0.4 is 0 Å². The smallest absolute Gasteiger partial charge is 0.150 e. The molecule has 2 nitrogen and oxygen atoms in total. The first kappa shape index (κ1) is 11.6. The first-order chi connectivity index (χ1) is 7.46. The van der Waals surface area contributed by atoms with E-state index in [-0.39, 0.29) is 0 Å². The second kappa shape index (κ2) is 4.17. The van der Waals surface area contributed by atoms with E-state index in [1.54, 1.807) is 11.3 Å². The lowest BCUT2D eigenvalue weighted by atomic mass is 10.4. The molecule has 0 radical (unpaired) electrons. The van der Waals surface area contributed by atoms with E-state index in [4.69, 9.17) is 11.6 Å². The first-order valence-electron chi connectivity index (χ1n) is 4.89. The molecular weight excluding hydrogens is 256 g/mol. The summed E-state index contributed by atoms with van der Waals surface area (Å²) >= 11 is 7.54. The third-order valence-corrected chi connectivity index (χ3v) is 4.15. The molecule has 0 amide bonds. The third kappa shape index (κ3) is 2.61. The number of halogens is 1. The quantitative estimate of drug-likeness (QED) is 0.414. The van der Waals surface area contributed by atoms with Crippen LogP contribution in [0.15, 0.2) is 12.4 Å². The van der Waals surface area contributed by atoms with Gasteiger partial charge in [-0.1, -0.05) is 37.2 Å². The minimum absolute atomic E-state index is 0.510. The highest BCUT2D eigenvalue weighted by Gasteiger charge is 2.09. The summed E-state index contributed by atoms with van der Waals surface area (Å²) in [5.41, 5.74) is 4.21. The Morgan fingerprint density at radius 1 is 1.31 bits per heavy atom. The summed E-state index contributed by atoms with van der Waals surface area (Å²) in [7, 11) is -1.33. The van der Waals surface area contributed by atoms with E-state index in [9.17, 15) is 0 Å². The molecule has 0 bridgehead atoms. The van der Waals surface area contributed by atoms with Crippen molar-refractivity contribution in [1.82, 2.24) is 9.97 Å². The Balaban J connectivity index is 2.47. The molecule has 0 saturated carbocycles. The maximum absolute atomic E-state index is 5.98. The lowest BCUT2D eigenvalue weighted by molar-refractivity contribution is 1.23. The summed E-state index contributed by atoms with van der Waals surface area (Å²) in [6, 6.07) is 1.97. The van der Waals surface area contributed by atoms with E-state index in [1.165, 1.54) is 6.33 Å². The Kier molecular flexibility index (Phi) is 3.02. The number of hydrogen-bond acceptors (Lipinski definition) is 3. The molecular formula is C11H11ClN2SSi. The standard InChI is InChI=1S/C11H11ClN2SSi/c1-16(2,3)5-4-8-6-9-10(15-8)11(12)14-7-13-9/h6-7H,1-3H3. The highest BCUT2D eigenvalue weighted by molar-refractivity contribution is 7.20. The maximum atomic E-state index is 5.98. The molecule has 2 aromatic heterocycles. The minimum Gasteiger partial charge on any atom is -0.235 e. The summed E-state index contributed by atoms with van der Waals surface area (Å²) in [5, 5.41) is 0.510. The molecule has 5 heteroatoms. The van der Waals surface area contributed by atoms with Crippen molar-refractivity contribution in [2.24, 2.45) is 0 Å². The second-order valence-electron chi connectivity index (χ2n) is 4.49. The summed E-state index contributed by atoms with van der Waals surface area (Å²) in [4.78, 5) is 9.13. The van der Waals surface area contributed by atoms with Crippen molar-refractivity contribution < 1.29 is 0 Å².